The van der Waals surface area contributed by atoms with Gasteiger partial charge < -0.3 is 15.5 Å². The second-order valence-corrected chi connectivity index (χ2v) is 8.81. The van der Waals surface area contributed by atoms with E-state index >= 15 is 0 Å². The van der Waals surface area contributed by atoms with E-state index in [1.165, 1.54) is 24.2 Å². The van der Waals surface area contributed by atoms with E-state index in [9.17, 15) is 9.59 Å². The minimum Gasteiger partial charge on any atom is -0.325 e. The maximum Gasteiger partial charge on any atom is 0.321 e. The summed E-state index contributed by atoms with van der Waals surface area (Å²) in [6, 6.07) is 14.4. The SMILES string of the molecule is O=C(Nc1ccc(NC(=O)N2CCCCCC2)cc1)c1cnc(-c2ccccc2Cl)s1. The van der Waals surface area contributed by atoms with Crippen molar-refractivity contribution in [2.75, 3.05) is 23.7 Å². The Kier molecular flexibility index (Phi) is 6.84. The largest absolute Gasteiger partial charge is 0.325 e. The van der Waals surface area contributed by atoms with Gasteiger partial charge in [0.05, 0.1) is 11.2 Å². The number of carbonyl (C=O) groups is 2. The molecule has 0 saturated carbocycles. The Balaban J connectivity index is 1.36. The maximum absolute atomic E-state index is 12.6. The van der Waals surface area contributed by atoms with Crippen molar-refractivity contribution < 1.29 is 9.59 Å². The summed E-state index contributed by atoms with van der Waals surface area (Å²) in [5.41, 5.74) is 2.15. The number of nitrogens with one attached hydrogen (secondary N) is 2. The molecule has 0 radical (unpaired) electrons. The zero-order valence-electron chi connectivity index (χ0n) is 16.9. The third kappa shape index (κ3) is 5.42. The molecule has 2 heterocycles. The molecule has 4 rings (SSSR count). The van der Waals surface area contributed by atoms with Gasteiger partial charge in [-0.3, -0.25) is 4.79 Å². The first-order valence-electron chi connectivity index (χ1n) is 10.3. The lowest BCUT2D eigenvalue weighted by Crippen LogP contribution is -2.35. The van der Waals surface area contributed by atoms with Crippen LogP contribution in [0.3, 0.4) is 0 Å². The number of thiazole rings is 1. The van der Waals surface area contributed by atoms with Crippen molar-refractivity contribution in [1.82, 2.24) is 9.88 Å². The van der Waals surface area contributed by atoms with Crippen molar-refractivity contribution in [3.63, 3.8) is 0 Å². The lowest BCUT2D eigenvalue weighted by molar-refractivity contribution is 0.103. The smallest absolute Gasteiger partial charge is 0.321 e. The van der Waals surface area contributed by atoms with Crippen molar-refractivity contribution in [3.8, 4) is 10.6 Å². The molecule has 1 saturated heterocycles. The molecule has 1 fully saturated rings. The Hall–Kier alpha value is -2.90. The first-order valence-corrected chi connectivity index (χ1v) is 11.5. The van der Waals surface area contributed by atoms with Gasteiger partial charge >= 0.3 is 6.03 Å². The van der Waals surface area contributed by atoms with Crippen LogP contribution in [0.25, 0.3) is 10.6 Å². The fraction of sp³-hybridized carbons (Fsp3) is 0.261. The molecule has 1 aromatic heterocycles. The van der Waals surface area contributed by atoms with Crippen LogP contribution in [0, 0.1) is 0 Å². The van der Waals surface area contributed by atoms with Crippen LogP contribution in [-0.2, 0) is 0 Å². The molecule has 2 aromatic carbocycles. The Labute approximate surface area is 190 Å². The summed E-state index contributed by atoms with van der Waals surface area (Å²) in [5, 5.41) is 7.09. The predicted octanol–water partition coefficient (Wildman–Crippen LogP) is 6.12. The summed E-state index contributed by atoms with van der Waals surface area (Å²) in [5.74, 6) is -0.239. The first kappa shape index (κ1) is 21.3. The lowest BCUT2D eigenvalue weighted by Gasteiger charge is -2.20. The van der Waals surface area contributed by atoms with Gasteiger partial charge in [0.2, 0.25) is 0 Å². The van der Waals surface area contributed by atoms with Gasteiger partial charge in [-0.05, 0) is 43.2 Å². The monoisotopic (exact) mass is 454 g/mol. The molecule has 1 aliphatic rings. The van der Waals surface area contributed by atoms with Crippen LogP contribution in [0.1, 0.15) is 35.4 Å². The van der Waals surface area contributed by atoms with E-state index in [0.717, 1.165) is 31.5 Å². The minimum absolute atomic E-state index is 0.0737. The summed E-state index contributed by atoms with van der Waals surface area (Å²) in [6.45, 7) is 1.59. The maximum atomic E-state index is 12.6. The molecular weight excluding hydrogens is 432 g/mol. The van der Waals surface area contributed by atoms with Crippen molar-refractivity contribution in [2.45, 2.75) is 25.7 Å². The molecule has 2 N–H and O–H groups in total. The Bertz CT molecular complexity index is 1060. The van der Waals surface area contributed by atoms with Crippen LogP contribution in [0.15, 0.2) is 54.7 Å². The van der Waals surface area contributed by atoms with Gasteiger partial charge in [0, 0.05) is 30.0 Å². The van der Waals surface area contributed by atoms with Gasteiger partial charge in [0.1, 0.15) is 9.88 Å². The second-order valence-electron chi connectivity index (χ2n) is 7.37. The zero-order chi connectivity index (χ0) is 21.6. The number of carbonyl (C=O) groups excluding carboxylic acids is 2. The molecule has 160 valence electrons. The summed E-state index contributed by atoms with van der Waals surface area (Å²) in [7, 11) is 0. The number of halogens is 1. The average Bonchev–Trinajstić information content (AvgIpc) is 3.10. The van der Waals surface area contributed by atoms with Crippen molar-refractivity contribution >= 4 is 46.3 Å². The number of amides is 3. The quantitative estimate of drug-likeness (QED) is 0.498. The molecule has 0 bridgehead atoms. The molecule has 0 spiro atoms. The highest BCUT2D eigenvalue weighted by Crippen LogP contribution is 2.31. The van der Waals surface area contributed by atoms with Crippen LogP contribution in [0.4, 0.5) is 16.2 Å². The average molecular weight is 455 g/mol. The van der Waals surface area contributed by atoms with Gasteiger partial charge in [-0.25, -0.2) is 9.78 Å². The molecule has 0 unspecified atom stereocenters. The normalized spacial score (nSPS) is 14.0. The number of rotatable bonds is 4. The van der Waals surface area contributed by atoms with E-state index in [4.69, 9.17) is 11.6 Å². The van der Waals surface area contributed by atoms with E-state index in [1.54, 1.807) is 36.5 Å². The van der Waals surface area contributed by atoms with Crippen LogP contribution in [0.5, 0.6) is 0 Å². The fourth-order valence-electron chi connectivity index (χ4n) is 3.44. The van der Waals surface area contributed by atoms with E-state index in [2.05, 4.69) is 15.6 Å². The summed E-state index contributed by atoms with van der Waals surface area (Å²) < 4.78 is 0. The highest BCUT2D eigenvalue weighted by Gasteiger charge is 2.16. The number of urea groups is 1. The Morgan fingerprint density at radius 1 is 0.903 bits per heavy atom. The van der Waals surface area contributed by atoms with Crippen molar-refractivity contribution in [2.24, 2.45) is 0 Å². The molecule has 1 aliphatic heterocycles. The topological polar surface area (TPSA) is 74.3 Å². The lowest BCUT2D eigenvalue weighted by atomic mass is 10.2. The fourth-order valence-corrected chi connectivity index (χ4v) is 4.58. The molecule has 8 heteroatoms. The summed E-state index contributed by atoms with van der Waals surface area (Å²) >= 11 is 7.51. The van der Waals surface area contributed by atoms with Crippen LogP contribution in [0.2, 0.25) is 5.02 Å². The third-order valence-electron chi connectivity index (χ3n) is 5.12. The standard InChI is InChI=1S/C23H23ClN4O2S/c24-19-8-4-3-7-18(19)22-25-15-20(31-22)21(29)26-16-9-11-17(12-10-16)27-23(30)28-13-5-1-2-6-14-28/h3-4,7-12,15H,1-2,5-6,13-14H2,(H,26,29)(H,27,30). The van der Waals surface area contributed by atoms with Crippen LogP contribution in [-0.4, -0.2) is 34.9 Å². The highest BCUT2D eigenvalue weighted by atomic mass is 35.5. The number of hydrogen-bond acceptors (Lipinski definition) is 4. The molecular formula is C23H23ClN4O2S. The molecule has 3 aromatic rings. The van der Waals surface area contributed by atoms with Crippen molar-refractivity contribution in [3.05, 3.63) is 64.6 Å². The number of benzene rings is 2. The number of likely N-dealkylation sites (tertiary alicyclic amines) is 1. The number of nitrogens with zero attached hydrogens (tertiary/aromatic N) is 2. The van der Waals surface area contributed by atoms with Crippen LogP contribution < -0.4 is 10.6 Å². The zero-order valence-corrected chi connectivity index (χ0v) is 18.5. The number of aromatic nitrogens is 1. The van der Waals surface area contributed by atoms with Gasteiger partial charge in [0.25, 0.3) is 5.91 Å². The second kappa shape index (κ2) is 9.94. The third-order valence-corrected chi connectivity index (χ3v) is 6.48. The molecule has 31 heavy (non-hydrogen) atoms. The number of hydrogen-bond donors (Lipinski definition) is 2. The molecule has 0 atom stereocenters. The highest BCUT2D eigenvalue weighted by molar-refractivity contribution is 7.17. The summed E-state index contributed by atoms with van der Waals surface area (Å²) in [4.78, 5) is 31.7. The Morgan fingerprint density at radius 2 is 1.55 bits per heavy atom. The Morgan fingerprint density at radius 3 is 2.23 bits per heavy atom. The van der Waals surface area contributed by atoms with Crippen LogP contribution >= 0.6 is 22.9 Å². The van der Waals surface area contributed by atoms with E-state index in [-0.39, 0.29) is 11.9 Å². The first-order chi connectivity index (χ1) is 15.1. The minimum atomic E-state index is -0.239. The predicted molar refractivity (Wildman–Crippen MR) is 126 cm³/mol. The van der Waals surface area contributed by atoms with Crippen molar-refractivity contribution in [1.29, 1.82) is 0 Å². The molecule has 0 aliphatic carbocycles. The summed E-state index contributed by atoms with van der Waals surface area (Å²) in [6.07, 6.45) is 6.01. The molecule has 6 nitrogen and oxygen atoms in total. The van der Waals surface area contributed by atoms with E-state index in [1.807, 2.05) is 23.1 Å². The van der Waals surface area contributed by atoms with Gasteiger partial charge in [-0.1, -0.05) is 42.6 Å². The van der Waals surface area contributed by atoms with Gasteiger partial charge in [0.15, 0.2) is 0 Å². The number of anilines is 2. The van der Waals surface area contributed by atoms with Gasteiger partial charge in [-0.15, -0.1) is 11.3 Å². The van der Waals surface area contributed by atoms with E-state index in [0.29, 0.717) is 26.3 Å². The van der Waals surface area contributed by atoms with Gasteiger partial charge in [-0.2, -0.15) is 0 Å². The molecule has 3 amide bonds. The van der Waals surface area contributed by atoms with E-state index < -0.39 is 0 Å².